The zero-order valence-corrected chi connectivity index (χ0v) is 13.3. The van der Waals surface area contributed by atoms with Crippen LogP contribution in [0.15, 0.2) is 16.9 Å². The fourth-order valence-corrected chi connectivity index (χ4v) is 1.91. The van der Waals surface area contributed by atoms with Crippen LogP contribution >= 0.6 is 0 Å². The number of amides is 2. The van der Waals surface area contributed by atoms with E-state index in [-0.39, 0.29) is 18.4 Å². The third kappa shape index (κ3) is 7.21. The summed E-state index contributed by atoms with van der Waals surface area (Å²) in [5.41, 5.74) is 0. The standard InChI is InChI=1S/C15H25N3O4/c1-3-5-7-15(20)18(9-6-10-21-4-2)12-14(19)16-13-8-11-22-17-13/h8,11H,3-7,9-10,12H2,1-2H3,(H,16,17,19). The van der Waals surface area contributed by atoms with E-state index in [9.17, 15) is 9.59 Å². The molecule has 0 bridgehead atoms. The van der Waals surface area contributed by atoms with E-state index in [4.69, 9.17) is 4.74 Å². The fraction of sp³-hybridized carbons (Fsp3) is 0.667. The number of hydrogen-bond acceptors (Lipinski definition) is 5. The minimum absolute atomic E-state index is 0.00588. The van der Waals surface area contributed by atoms with Crippen LogP contribution < -0.4 is 5.32 Å². The average Bonchev–Trinajstić information content (AvgIpc) is 3.00. The van der Waals surface area contributed by atoms with E-state index in [1.807, 2.05) is 13.8 Å². The SMILES string of the molecule is CCCCC(=O)N(CCCOCC)CC(=O)Nc1ccon1. The van der Waals surface area contributed by atoms with Gasteiger partial charge in [0.15, 0.2) is 5.82 Å². The van der Waals surface area contributed by atoms with Gasteiger partial charge in [-0.1, -0.05) is 18.5 Å². The Bertz CT molecular complexity index is 434. The van der Waals surface area contributed by atoms with Crippen molar-refractivity contribution < 1.29 is 18.8 Å². The molecule has 2 amide bonds. The normalized spacial score (nSPS) is 10.5. The van der Waals surface area contributed by atoms with Gasteiger partial charge in [0.05, 0.1) is 6.54 Å². The highest BCUT2D eigenvalue weighted by atomic mass is 16.5. The molecule has 0 aliphatic rings. The maximum atomic E-state index is 12.2. The Balaban J connectivity index is 2.47. The molecule has 0 fully saturated rings. The molecular formula is C15H25N3O4. The van der Waals surface area contributed by atoms with Crippen LogP contribution in [0.5, 0.6) is 0 Å². The second-order valence-corrected chi connectivity index (χ2v) is 4.90. The molecule has 1 aromatic rings. The predicted octanol–water partition coefficient (Wildman–Crippen LogP) is 2.06. The van der Waals surface area contributed by atoms with Crippen molar-refractivity contribution in [2.45, 2.75) is 39.5 Å². The van der Waals surface area contributed by atoms with E-state index in [0.717, 1.165) is 12.8 Å². The van der Waals surface area contributed by atoms with Crippen LogP contribution in [0.25, 0.3) is 0 Å². The van der Waals surface area contributed by atoms with Crippen LogP contribution in [0.4, 0.5) is 5.82 Å². The summed E-state index contributed by atoms with van der Waals surface area (Å²) in [5.74, 6) is 0.0593. The number of carbonyl (C=O) groups excluding carboxylic acids is 2. The van der Waals surface area contributed by atoms with Gasteiger partial charge in [-0.2, -0.15) is 0 Å². The molecule has 0 unspecified atom stereocenters. The van der Waals surface area contributed by atoms with Gasteiger partial charge in [0.2, 0.25) is 11.8 Å². The lowest BCUT2D eigenvalue weighted by Crippen LogP contribution is -2.39. The van der Waals surface area contributed by atoms with Crippen molar-refractivity contribution >= 4 is 17.6 Å². The molecule has 1 heterocycles. The van der Waals surface area contributed by atoms with Gasteiger partial charge in [0, 0.05) is 32.2 Å². The maximum Gasteiger partial charge on any atom is 0.245 e. The topological polar surface area (TPSA) is 84.7 Å². The quantitative estimate of drug-likeness (QED) is 0.632. The Kier molecular flexibility index (Phi) is 8.90. The van der Waals surface area contributed by atoms with Crippen LogP contribution in [-0.4, -0.2) is 48.2 Å². The van der Waals surface area contributed by atoms with Crippen LogP contribution in [0.2, 0.25) is 0 Å². The van der Waals surface area contributed by atoms with Gasteiger partial charge in [-0.3, -0.25) is 9.59 Å². The minimum Gasteiger partial charge on any atom is -0.382 e. The van der Waals surface area contributed by atoms with Crippen molar-refractivity contribution in [1.29, 1.82) is 0 Å². The molecule has 0 spiro atoms. The van der Waals surface area contributed by atoms with E-state index in [0.29, 0.717) is 38.4 Å². The number of unbranched alkanes of at least 4 members (excludes halogenated alkanes) is 1. The number of carbonyl (C=O) groups is 2. The Morgan fingerprint density at radius 2 is 2.18 bits per heavy atom. The highest BCUT2D eigenvalue weighted by Gasteiger charge is 2.17. The molecule has 0 saturated heterocycles. The second-order valence-electron chi connectivity index (χ2n) is 4.90. The zero-order valence-electron chi connectivity index (χ0n) is 13.3. The number of nitrogens with zero attached hydrogens (tertiary/aromatic N) is 2. The molecule has 1 N–H and O–H groups in total. The van der Waals surface area contributed by atoms with Crippen molar-refractivity contribution in [2.24, 2.45) is 0 Å². The molecule has 22 heavy (non-hydrogen) atoms. The summed E-state index contributed by atoms with van der Waals surface area (Å²) in [7, 11) is 0. The molecule has 7 nitrogen and oxygen atoms in total. The van der Waals surface area contributed by atoms with E-state index < -0.39 is 0 Å². The zero-order chi connectivity index (χ0) is 16.2. The molecule has 0 aromatic carbocycles. The van der Waals surface area contributed by atoms with E-state index in [2.05, 4.69) is 15.0 Å². The predicted molar refractivity (Wildman–Crippen MR) is 82.3 cm³/mol. The molecule has 124 valence electrons. The first-order valence-corrected chi connectivity index (χ1v) is 7.73. The Labute approximate surface area is 131 Å². The van der Waals surface area contributed by atoms with Crippen molar-refractivity contribution in [1.82, 2.24) is 10.1 Å². The Morgan fingerprint density at radius 1 is 1.36 bits per heavy atom. The maximum absolute atomic E-state index is 12.2. The van der Waals surface area contributed by atoms with Crippen LogP contribution in [0.1, 0.15) is 39.5 Å². The Morgan fingerprint density at radius 3 is 2.82 bits per heavy atom. The number of hydrogen-bond donors (Lipinski definition) is 1. The fourth-order valence-electron chi connectivity index (χ4n) is 1.91. The van der Waals surface area contributed by atoms with E-state index >= 15 is 0 Å². The van der Waals surface area contributed by atoms with Crippen LogP contribution in [0, 0.1) is 0 Å². The monoisotopic (exact) mass is 311 g/mol. The number of rotatable bonds is 11. The highest BCUT2D eigenvalue weighted by molar-refractivity contribution is 5.93. The second kappa shape index (κ2) is 10.8. The summed E-state index contributed by atoms with van der Waals surface area (Å²) in [5, 5.41) is 6.21. The lowest BCUT2D eigenvalue weighted by molar-refractivity contribution is -0.135. The number of nitrogens with one attached hydrogen (secondary N) is 1. The summed E-state index contributed by atoms with van der Waals surface area (Å²) < 4.78 is 9.93. The number of ether oxygens (including phenoxy) is 1. The van der Waals surface area contributed by atoms with Gasteiger partial charge in [-0.05, 0) is 19.8 Å². The number of anilines is 1. The van der Waals surface area contributed by atoms with Crippen LogP contribution in [-0.2, 0) is 14.3 Å². The van der Waals surface area contributed by atoms with Crippen molar-refractivity contribution in [3.05, 3.63) is 12.3 Å². The molecule has 1 rings (SSSR count). The van der Waals surface area contributed by atoms with E-state index in [1.165, 1.54) is 6.26 Å². The minimum atomic E-state index is -0.282. The lowest BCUT2D eigenvalue weighted by Gasteiger charge is -2.22. The van der Waals surface area contributed by atoms with Gasteiger partial charge in [-0.15, -0.1) is 0 Å². The third-order valence-corrected chi connectivity index (χ3v) is 3.06. The first-order valence-electron chi connectivity index (χ1n) is 7.73. The molecule has 1 aromatic heterocycles. The summed E-state index contributed by atoms with van der Waals surface area (Å²) in [4.78, 5) is 25.7. The van der Waals surface area contributed by atoms with E-state index in [1.54, 1.807) is 11.0 Å². The first kappa shape index (κ1) is 18.2. The molecule has 0 atom stereocenters. The number of aromatic nitrogens is 1. The average molecular weight is 311 g/mol. The summed E-state index contributed by atoms with van der Waals surface area (Å²) >= 11 is 0. The van der Waals surface area contributed by atoms with Gasteiger partial charge in [-0.25, -0.2) is 0 Å². The van der Waals surface area contributed by atoms with Gasteiger partial charge >= 0.3 is 0 Å². The Hall–Kier alpha value is -1.89. The van der Waals surface area contributed by atoms with Crippen molar-refractivity contribution in [3.63, 3.8) is 0 Å². The smallest absolute Gasteiger partial charge is 0.245 e. The van der Waals surface area contributed by atoms with Gasteiger partial charge < -0.3 is 19.5 Å². The third-order valence-electron chi connectivity index (χ3n) is 3.06. The van der Waals surface area contributed by atoms with Crippen molar-refractivity contribution in [3.8, 4) is 0 Å². The largest absolute Gasteiger partial charge is 0.382 e. The summed E-state index contributed by atoms with van der Waals surface area (Å²) in [6.45, 7) is 5.71. The molecular weight excluding hydrogens is 286 g/mol. The molecule has 0 aliphatic carbocycles. The van der Waals surface area contributed by atoms with Gasteiger partial charge in [0.1, 0.15) is 6.26 Å². The first-order chi connectivity index (χ1) is 10.7. The van der Waals surface area contributed by atoms with Gasteiger partial charge in [0.25, 0.3) is 0 Å². The lowest BCUT2D eigenvalue weighted by atomic mass is 10.2. The highest BCUT2D eigenvalue weighted by Crippen LogP contribution is 2.05. The molecule has 0 radical (unpaired) electrons. The molecule has 0 aliphatic heterocycles. The summed E-state index contributed by atoms with van der Waals surface area (Å²) in [6.07, 6.45) is 4.32. The van der Waals surface area contributed by atoms with Crippen LogP contribution in [0.3, 0.4) is 0 Å². The molecule has 7 heteroatoms. The van der Waals surface area contributed by atoms with Crippen molar-refractivity contribution in [2.75, 3.05) is 31.6 Å². The summed E-state index contributed by atoms with van der Waals surface area (Å²) in [6, 6.07) is 1.55. The molecule has 0 saturated carbocycles.